The van der Waals surface area contributed by atoms with Crippen LogP contribution >= 0.6 is 15.9 Å². The Morgan fingerprint density at radius 2 is 1.96 bits per heavy atom. The van der Waals surface area contributed by atoms with E-state index in [1.54, 1.807) is 4.68 Å². The van der Waals surface area contributed by atoms with Gasteiger partial charge in [0.25, 0.3) is 5.82 Å². The Kier molecular flexibility index (Phi) is 3.50. The maximum Gasteiger partial charge on any atom is 0.375 e. The Balaban J connectivity index is 1.96. The summed E-state index contributed by atoms with van der Waals surface area (Å²) in [5.41, 5.74) is 3.45. The molecule has 0 atom stereocenters. The quantitative estimate of drug-likeness (QED) is 0.738. The third-order valence-electron chi connectivity index (χ3n) is 3.73. The van der Waals surface area contributed by atoms with Gasteiger partial charge in [0.15, 0.2) is 5.82 Å². The second-order valence-electron chi connectivity index (χ2n) is 5.26. The molecule has 1 aromatic heterocycles. The molecule has 6 nitrogen and oxygen atoms in total. The molecule has 4 rings (SSSR count). The molecular weight excluding hydrogens is 372 g/mol. The lowest BCUT2D eigenvalue weighted by Gasteiger charge is -2.11. The Morgan fingerprint density at radius 1 is 1.17 bits per heavy atom. The van der Waals surface area contributed by atoms with Crippen molar-refractivity contribution < 1.29 is 9.90 Å². The van der Waals surface area contributed by atoms with Gasteiger partial charge in [0, 0.05) is 15.6 Å². The Labute approximate surface area is 145 Å². The van der Waals surface area contributed by atoms with E-state index in [0.717, 1.165) is 27.0 Å². The van der Waals surface area contributed by atoms with Gasteiger partial charge >= 0.3 is 5.97 Å². The Bertz CT molecular complexity index is 980. The van der Waals surface area contributed by atoms with E-state index < -0.39 is 5.97 Å². The van der Waals surface area contributed by atoms with E-state index in [-0.39, 0.29) is 12.4 Å². The number of hydrogen-bond donors (Lipinski definition) is 1. The van der Waals surface area contributed by atoms with Crippen LogP contribution in [0.5, 0.6) is 0 Å². The van der Waals surface area contributed by atoms with Crippen molar-refractivity contribution in [3.63, 3.8) is 0 Å². The molecule has 118 valence electrons. The van der Waals surface area contributed by atoms with Gasteiger partial charge < -0.3 is 5.11 Å². The zero-order valence-corrected chi connectivity index (χ0v) is 13.9. The summed E-state index contributed by atoms with van der Waals surface area (Å²) in [6, 6.07) is 15.6. The number of aromatic nitrogens is 3. The molecule has 0 unspecified atom stereocenters. The van der Waals surface area contributed by atoms with Crippen molar-refractivity contribution in [3.8, 4) is 5.69 Å². The minimum absolute atomic E-state index is 0.225. The third kappa shape index (κ3) is 2.43. The van der Waals surface area contributed by atoms with Gasteiger partial charge in [-0.2, -0.15) is 0 Å². The zero-order chi connectivity index (χ0) is 16.7. The summed E-state index contributed by atoms with van der Waals surface area (Å²) in [4.78, 5) is 19.9. The van der Waals surface area contributed by atoms with Gasteiger partial charge in [0.1, 0.15) is 0 Å². The first-order chi connectivity index (χ1) is 11.6. The van der Waals surface area contributed by atoms with Gasteiger partial charge in [-0.15, -0.1) is 5.10 Å². The summed E-state index contributed by atoms with van der Waals surface area (Å²) in [5, 5.41) is 13.3. The van der Waals surface area contributed by atoms with E-state index in [2.05, 4.69) is 31.0 Å². The monoisotopic (exact) mass is 382 g/mol. The van der Waals surface area contributed by atoms with Crippen molar-refractivity contribution in [1.29, 1.82) is 0 Å². The molecule has 0 aliphatic carbocycles. The van der Waals surface area contributed by atoms with Crippen LogP contribution in [0, 0.1) is 0 Å². The molecule has 0 amide bonds. The predicted octanol–water partition coefficient (Wildman–Crippen LogP) is 3.08. The molecule has 2 aromatic carbocycles. The molecule has 24 heavy (non-hydrogen) atoms. The van der Waals surface area contributed by atoms with Crippen LogP contribution in [0.2, 0.25) is 0 Å². The number of benzene rings is 2. The van der Waals surface area contributed by atoms with Crippen molar-refractivity contribution in [2.45, 2.75) is 6.54 Å². The summed E-state index contributed by atoms with van der Waals surface area (Å²) >= 11 is 3.49. The highest BCUT2D eigenvalue weighted by atomic mass is 79.9. The lowest BCUT2D eigenvalue weighted by molar-refractivity contribution is 0.0683. The number of aromatic carboxylic acids is 1. The number of fused-ring (bicyclic) bond motifs is 3. The molecular formula is C17H11BrN4O2. The summed E-state index contributed by atoms with van der Waals surface area (Å²) in [7, 11) is 0. The number of carbonyl (C=O) groups is 1. The molecule has 0 spiro atoms. The van der Waals surface area contributed by atoms with Gasteiger partial charge in [-0.3, -0.25) is 4.99 Å². The standard InChI is InChI=1S/C17H11BrN4O2/c18-11-6-7-13-12(8-11)15(10-4-2-1-3-5-10)19-9-14-20-16(17(23)24)21-22(13)14/h1-8H,9H2,(H,23,24). The number of aliphatic imine (C=N–C) groups is 1. The number of rotatable bonds is 2. The van der Waals surface area contributed by atoms with Crippen LogP contribution in [0.4, 0.5) is 0 Å². The lowest BCUT2D eigenvalue weighted by Crippen LogP contribution is -2.09. The maximum atomic E-state index is 11.2. The smallest absolute Gasteiger partial charge is 0.375 e. The minimum Gasteiger partial charge on any atom is -0.475 e. The van der Waals surface area contributed by atoms with Crippen LogP contribution in [0.1, 0.15) is 27.6 Å². The van der Waals surface area contributed by atoms with Crippen molar-refractivity contribution >= 4 is 27.6 Å². The molecule has 1 aliphatic heterocycles. The fraction of sp³-hybridized carbons (Fsp3) is 0.0588. The highest BCUT2D eigenvalue weighted by Gasteiger charge is 2.23. The molecule has 1 N–H and O–H groups in total. The zero-order valence-electron chi connectivity index (χ0n) is 12.3. The van der Waals surface area contributed by atoms with E-state index in [1.807, 2.05) is 48.5 Å². The van der Waals surface area contributed by atoms with Crippen molar-refractivity contribution in [3.05, 3.63) is 75.8 Å². The molecule has 0 fully saturated rings. The van der Waals surface area contributed by atoms with Gasteiger partial charge in [0.05, 0.1) is 17.9 Å². The van der Waals surface area contributed by atoms with Crippen LogP contribution < -0.4 is 0 Å². The minimum atomic E-state index is -1.15. The maximum absolute atomic E-state index is 11.2. The molecule has 0 saturated carbocycles. The number of carboxylic acid groups (broad SMARTS) is 1. The Hall–Kier alpha value is -2.80. The first-order valence-corrected chi connectivity index (χ1v) is 8.02. The predicted molar refractivity (Wildman–Crippen MR) is 91.8 cm³/mol. The topological polar surface area (TPSA) is 80.4 Å². The highest BCUT2D eigenvalue weighted by molar-refractivity contribution is 9.10. The fourth-order valence-corrected chi connectivity index (χ4v) is 3.05. The van der Waals surface area contributed by atoms with Gasteiger partial charge in [-0.1, -0.05) is 46.3 Å². The first kappa shape index (κ1) is 14.8. The van der Waals surface area contributed by atoms with Crippen LogP contribution in [0.25, 0.3) is 5.69 Å². The summed E-state index contributed by atoms with van der Waals surface area (Å²) in [5.74, 6) is -0.874. The summed E-state index contributed by atoms with van der Waals surface area (Å²) < 4.78 is 2.47. The van der Waals surface area contributed by atoms with Crippen LogP contribution in [-0.4, -0.2) is 31.6 Å². The van der Waals surface area contributed by atoms with Crippen molar-refractivity contribution in [2.75, 3.05) is 0 Å². The summed E-state index contributed by atoms with van der Waals surface area (Å²) in [6.07, 6.45) is 0. The third-order valence-corrected chi connectivity index (χ3v) is 4.23. The average Bonchev–Trinajstić information content (AvgIpc) is 2.95. The molecule has 1 aliphatic rings. The van der Waals surface area contributed by atoms with Crippen LogP contribution in [-0.2, 0) is 6.54 Å². The van der Waals surface area contributed by atoms with Gasteiger partial charge in [0.2, 0.25) is 0 Å². The van der Waals surface area contributed by atoms with E-state index in [0.29, 0.717) is 5.82 Å². The fourth-order valence-electron chi connectivity index (χ4n) is 2.69. The normalized spacial score (nSPS) is 12.8. The molecule has 0 saturated heterocycles. The number of nitrogens with zero attached hydrogens (tertiary/aromatic N) is 4. The van der Waals surface area contributed by atoms with Crippen molar-refractivity contribution in [2.24, 2.45) is 4.99 Å². The van der Waals surface area contributed by atoms with Crippen LogP contribution in [0.3, 0.4) is 0 Å². The SMILES string of the molecule is O=C(O)c1nc2n(n1)-c1ccc(Br)cc1C(c1ccccc1)=NC2. The molecule has 0 bridgehead atoms. The molecule has 3 aromatic rings. The van der Waals surface area contributed by atoms with E-state index in [1.165, 1.54) is 0 Å². The lowest BCUT2D eigenvalue weighted by atomic mass is 10.0. The Morgan fingerprint density at radius 3 is 2.71 bits per heavy atom. The van der Waals surface area contributed by atoms with Gasteiger partial charge in [-0.05, 0) is 18.2 Å². The number of carboxylic acids is 1. The average molecular weight is 383 g/mol. The highest BCUT2D eigenvalue weighted by Crippen LogP contribution is 2.27. The van der Waals surface area contributed by atoms with Crippen molar-refractivity contribution in [1.82, 2.24) is 14.8 Å². The van der Waals surface area contributed by atoms with E-state index in [4.69, 9.17) is 5.11 Å². The summed E-state index contributed by atoms with van der Waals surface area (Å²) in [6.45, 7) is 0.261. The van der Waals surface area contributed by atoms with Crippen LogP contribution in [0.15, 0.2) is 58.0 Å². The largest absolute Gasteiger partial charge is 0.475 e. The molecule has 2 heterocycles. The molecule has 7 heteroatoms. The van der Waals surface area contributed by atoms with E-state index >= 15 is 0 Å². The number of halogens is 1. The second kappa shape index (κ2) is 5.68. The van der Waals surface area contributed by atoms with Gasteiger partial charge in [-0.25, -0.2) is 14.5 Å². The van der Waals surface area contributed by atoms with E-state index in [9.17, 15) is 4.79 Å². The first-order valence-electron chi connectivity index (χ1n) is 7.23. The molecule has 0 radical (unpaired) electrons. The number of hydrogen-bond acceptors (Lipinski definition) is 4. The second-order valence-corrected chi connectivity index (χ2v) is 6.18.